The normalized spacial score (nSPS) is 18.9. The third-order valence-electron chi connectivity index (χ3n) is 3.54. The van der Waals surface area contributed by atoms with Gasteiger partial charge >= 0.3 is 6.03 Å². The molecule has 2 rings (SSSR count). The van der Waals surface area contributed by atoms with Gasteiger partial charge in [0, 0.05) is 30.2 Å². The second-order valence-electron chi connectivity index (χ2n) is 5.13. The van der Waals surface area contributed by atoms with Crippen LogP contribution < -0.4 is 16.8 Å². The average molecular weight is 296 g/mol. The lowest BCUT2D eigenvalue weighted by atomic mass is 9.98. The first-order chi connectivity index (χ1) is 9.47. The third kappa shape index (κ3) is 3.41. The van der Waals surface area contributed by atoms with Crippen LogP contribution in [0.5, 0.6) is 0 Å². The second kappa shape index (κ2) is 6.13. The highest BCUT2D eigenvalue weighted by Gasteiger charge is 2.25. The number of carbonyl (C=O) groups excluding carboxylic acids is 2. The lowest BCUT2D eigenvalue weighted by molar-refractivity contribution is 0.0680. The number of anilines is 1. The van der Waals surface area contributed by atoms with Gasteiger partial charge in [0.2, 0.25) is 0 Å². The number of nitrogens with one attached hydrogen (secondary N) is 1. The highest BCUT2D eigenvalue weighted by Crippen LogP contribution is 2.26. The first kappa shape index (κ1) is 14.6. The molecule has 1 aromatic rings. The molecule has 3 amide bonds. The molecule has 0 saturated carbocycles. The van der Waals surface area contributed by atoms with Crippen LogP contribution in [0.15, 0.2) is 6.07 Å². The number of nitrogens with zero attached hydrogens (tertiary/aromatic N) is 1. The molecule has 5 N–H and O–H groups in total. The van der Waals surface area contributed by atoms with Crippen LogP contribution in [0, 0.1) is 12.8 Å². The van der Waals surface area contributed by atoms with E-state index in [0.717, 1.165) is 24.3 Å². The summed E-state index contributed by atoms with van der Waals surface area (Å²) in [6.45, 7) is 3.83. The van der Waals surface area contributed by atoms with Crippen LogP contribution >= 0.6 is 11.3 Å². The molecule has 1 aliphatic rings. The van der Waals surface area contributed by atoms with E-state index < -0.39 is 6.03 Å². The van der Waals surface area contributed by atoms with Gasteiger partial charge in [-0.05, 0) is 31.7 Å². The van der Waals surface area contributed by atoms with Crippen LogP contribution in [0.4, 0.5) is 10.5 Å². The number of nitrogens with two attached hydrogens (primary N) is 2. The number of rotatable bonds is 3. The third-order valence-corrected chi connectivity index (χ3v) is 4.59. The number of urea groups is 1. The fraction of sp³-hybridized carbons (Fsp3) is 0.538. The number of hydrogen-bond donors (Lipinski definition) is 3. The molecule has 0 aliphatic carbocycles. The molecule has 1 unspecified atom stereocenters. The number of thiophene rings is 1. The van der Waals surface area contributed by atoms with Crippen molar-refractivity contribution in [1.82, 2.24) is 10.2 Å². The number of aryl methyl sites for hydroxylation is 1. The maximum Gasteiger partial charge on any atom is 0.312 e. The zero-order valence-electron chi connectivity index (χ0n) is 11.5. The number of amides is 3. The van der Waals surface area contributed by atoms with E-state index in [0.29, 0.717) is 23.7 Å². The average Bonchev–Trinajstić information content (AvgIpc) is 2.76. The summed E-state index contributed by atoms with van der Waals surface area (Å²) in [5, 5.41) is 2.61. The van der Waals surface area contributed by atoms with Gasteiger partial charge < -0.3 is 21.7 Å². The van der Waals surface area contributed by atoms with Crippen molar-refractivity contribution in [2.75, 3.05) is 25.4 Å². The maximum absolute atomic E-state index is 12.4. The van der Waals surface area contributed by atoms with Crippen molar-refractivity contribution < 1.29 is 9.59 Å². The topological polar surface area (TPSA) is 101 Å². The first-order valence-corrected chi connectivity index (χ1v) is 7.47. The van der Waals surface area contributed by atoms with Crippen molar-refractivity contribution in [3.8, 4) is 0 Å². The Kier molecular flexibility index (Phi) is 4.49. The molecule has 0 aromatic carbocycles. The zero-order chi connectivity index (χ0) is 14.7. The Morgan fingerprint density at radius 3 is 2.90 bits per heavy atom. The summed E-state index contributed by atoms with van der Waals surface area (Å²) in [7, 11) is 0. The summed E-state index contributed by atoms with van der Waals surface area (Å²) in [5.41, 5.74) is 11.5. The molecular formula is C13H20N4O2S. The Bertz CT molecular complexity index is 495. The molecule has 110 valence electrons. The quantitative estimate of drug-likeness (QED) is 0.780. The Hall–Kier alpha value is -1.76. The number of piperidine rings is 1. The van der Waals surface area contributed by atoms with E-state index >= 15 is 0 Å². The molecule has 0 bridgehead atoms. The van der Waals surface area contributed by atoms with Crippen molar-refractivity contribution in [2.24, 2.45) is 11.7 Å². The largest absolute Gasteiger partial charge is 0.398 e. The van der Waals surface area contributed by atoms with E-state index in [2.05, 4.69) is 5.32 Å². The SMILES string of the molecule is Cc1sc(C(=O)N2CCCC(CNC(N)=O)C2)cc1N. The van der Waals surface area contributed by atoms with Crippen LogP contribution in [0.1, 0.15) is 27.4 Å². The Labute approximate surface area is 122 Å². The van der Waals surface area contributed by atoms with E-state index in [-0.39, 0.29) is 11.8 Å². The molecule has 6 nitrogen and oxygen atoms in total. The smallest absolute Gasteiger partial charge is 0.312 e. The molecule has 7 heteroatoms. The van der Waals surface area contributed by atoms with Gasteiger partial charge in [0.25, 0.3) is 5.91 Å². The van der Waals surface area contributed by atoms with Crippen LogP contribution in [-0.2, 0) is 0 Å². The van der Waals surface area contributed by atoms with Crippen molar-refractivity contribution in [3.05, 3.63) is 15.8 Å². The van der Waals surface area contributed by atoms with Gasteiger partial charge in [0.05, 0.1) is 4.88 Å². The molecule has 20 heavy (non-hydrogen) atoms. The van der Waals surface area contributed by atoms with Gasteiger partial charge in [-0.15, -0.1) is 11.3 Å². The molecule has 1 aliphatic heterocycles. The van der Waals surface area contributed by atoms with E-state index in [9.17, 15) is 9.59 Å². The van der Waals surface area contributed by atoms with Gasteiger partial charge in [-0.2, -0.15) is 0 Å². The van der Waals surface area contributed by atoms with E-state index in [4.69, 9.17) is 11.5 Å². The molecule has 0 radical (unpaired) electrons. The highest BCUT2D eigenvalue weighted by atomic mass is 32.1. The van der Waals surface area contributed by atoms with Gasteiger partial charge in [0.1, 0.15) is 0 Å². The molecule has 1 fully saturated rings. The van der Waals surface area contributed by atoms with E-state index in [1.165, 1.54) is 11.3 Å². The Morgan fingerprint density at radius 2 is 2.30 bits per heavy atom. The monoisotopic (exact) mass is 296 g/mol. The summed E-state index contributed by atoms with van der Waals surface area (Å²) < 4.78 is 0. The zero-order valence-corrected chi connectivity index (χ0v) is 12.3. The minimum atomic E-state index is -0.518. The fourth-order valence-corrected chi connectivity index (χ4v) is 3.33. The minimum absolute atomic E-state index is 0.0265. The number of primary amides is 1. The van der Waals surface area contributed by atoms with Crippen molar-refractivity contribution in [1.29, 1.82) is 0 Å². The molecule has 0 spiro atoms. The number of nitrogen functional groups attached to an aromatic ring is 1. The lowest BCUT2D eigenvalue weighted by Crippen LogP contribution is -2.44. The maximum atomic E-state index is 12.4. The fourth-order valence-electron chi connectivity index (χ4n) is 2.42. The molecule has 2 heterocycles. The standard InChI is InChI=1S/C13H20N4O2S/c1-8-10(14)5-11(20-8)12(18)17-4-2-3-9(7-17)6-16-13(15)19/h5,9H,2-4,6-7,14H2,1H3,(H3,15,16,19). The summed E-state index contributed by atoms with van der Waals surface area (Å²) in [6.07, 6.45) is 1.94. The molecule has 1 saturated heterocycles. The van der Waals surface area contributed by atoms with Gasteiger partial charge in [-0.25, -0.2) is 4.79 Å². The van der Waals surface area contributed by atoms with Gasteiger partial charge in [-0.1, -0.05) is 0 Å². The Balaban J connectivity index is 1.97. The van der Waals surface area contributed by atoms with Crippen LogP contribution in [-0.4, -0.2) is 36.5 Å². The summed E-state index contributed by atoms with van der Waals surface area (Å²) in [4.78, 5) is 26.6. The van der Waals surface area contributed by atoms with Crippen molar-refractivity contribution in [3.63, 3.8) is 0 Å². The Morgan fingerprint density at radius 1 is 1.55 bits per heavy atom. The van der Waals surface area contributed by atoms with Crippen molar-refractivity contribution in [2.45, 2.75) is 19.8 Å². The van der Waals surface area contributed by atoms with E-state index in [1.54, 1.807) is 6.07 Å². The van der Waals surface area contributed by atoms with Crippen LogP contribution in [0.2, 0.25) is 0 Å². The van der Waals surface area contributed by atoms with Gasteiger partial charge in [-0.3, -0.25) is 4.79 Å². The van der Waals surface area contributed by atoms with Gasteiger partial charge in [0.15, 0.2) is 0 Å². The number of hydrogen-bond acceptors (Lipinski definition) is 4. The predicted octanol–water partition coefficient (Wildman–Crippen LogP) is 1.16. The number of carbonyl (C=O) groups is 2. The molecule has 1 aromatic heterocycles. The van der Waals surface area contributed by atoms with E-state index in [1.807, 2.05) is 11.8 Å². The van der Waals surface area contributed by atoms with Crippen LogP contribution in [0.3, 0.4) is 0 Å². The summed E-state index contributed by atoms with van der Waals surface area (Å²) >= 11 is 1.43. The highest BCUT2D eigenvalue weighted by molar-refractivity contribution is 7.14. The molecular weight excluding hydrogens is 276 g/mol. The number of likely N-dealkylation sites (tertiary alicyclic amines) is 1. The predicted molar refractivity (Wildman–Crippen MR) is 79.7 cm³/mol. The van der Waals surface area contributed by atoms with Crippen molar-refractivity contribution >= 4 is 29.0 Å². The first-order valence-electron chi connectivity index (χ1n) is 6.66. The van der Waals surface area contributed by atoms with Crippen LogP contribution in [0.25, 0.3) is 0 Å². The second-order valence-corrected chi connectivity index (χ2v) is 6.38. The minimum Gasteiger partial charge on any atom is -0.398 e. The summed E-state index contributed by atoms with van der Waals surface area (Å²) in [6, 6.07) is 1.23. The lowest BCUT2D eigenvalue weighted by Gasteiger charge is -2.32. The summed E-state index contributed by atoms with van der Waals surface area (Å²) in [5.74, 6) is 0.289. The molecule has 1 atom stereocenters.